The second-order valence-corrected chi connectivity index (χ2v) is 5.56. The molecule has 6 heteroatoms. The van der Waals surface area contributed by atoms with Gasteiger partial charge in [0.1, 0.15) is 11.3 Å². The van der Waals surface area contributed by atoms with E-state index in [-0.39, 0.29) is 0 Å². The first-order valence-corrected chi connectivity index (χ1v) is 8.19. The lowest BCUT2D eigenvalue weighted by molar-refractivity contribution is 0.139. The van der Waals surface area contributed by atoms with Crippen LogP contribution >= 0.6 is 0 Å². The van der Waals surface area contributed by atoms with E-state index in [4.69, 9.17) is 9.72 Å². The maximum absolute atomic E-state index is 5.51. The first kappa shape index (κ1) is 15.4. The van der Waals surface area contributed by atoms with Gasteiger partial charge in [0.2, 0.25) is 0 Å². The maximum Gasteiger partial charge on any atom is 0.160 e. The number of imidazole rings is 1. The first-order chi connectivity index (χ1) is 10.9. The average Bonchev–Trinajstić information content (AvgIpc) is 2.92. The van der Waals surface area contributed by atoms with Crippen molar-refractivity contribution in [3.05, 3.63) is 24.2 Å². The van der Waals surface area contributed by atoms with Gasteiger partial charge in [-0.25, -0.2) is 9.97 Å². The molecule has 6 nitrogen and oxygen atoms in total. The third-order valence-electron chi connectivity index (χ3n) is 4.11. The van der Waals surface area contributed by atoms with Crippen molar-refractivity contribution in [1.82, 2.24) is 24.8 Å². The van der Waals surface area contributed by atoms with E-state index in [0.717, 1.165) is 69.3 Å². The summed E-state index contributed by atoms with van der Waals surface area (Å²) in [4.78, 5) is 11.8. The van der Waals surface area contributed by atoms with Crippen LogP contribution in [0.4, 0.5) is 0 Å². The fourth-order valence-corrected chi connectivity index (χ4v) is 2.92. The highest BCUT2D eigenvalue weighted by Crippen LogP contribution is 2.14. The van der Waals surface area contributed by atoms with Crippen molar-refractivity contribution >= 4 is 11.2 Å². The van der Waals surface area contributed by atoms with E-state index in [1.807, 2.05) is 25.3 Å². The molecule has 2 aromatic heterocycles. The molecule has 0 aromatic carbocycles. The highest BCUT2D eigenvalue weighted by atomic mass is 16.5. The molecule has 0 atom stereocenters. The van der Waals surface area contributed by atoms with Crippen LogP contribution in [0.2, 0.25) is 0 Å². The van der Waals surface area contributed by atoms with E-state index in [1.165, 1.54) is 0 Å². The number of ether oxygens (including phenoxy) is 1. The molecule has 3 rings (SSSR count). The molecular weight excluding hydrogens is 278 g/mol. The van der Waals surface area contributed by atoms with E-state index >= 15 is 0 Å². The van der Waals surface area contributed by atoms with Crippen molar-refractivity contribution in [1.29, 1.82) is 0 Å². The third-order valence-corrected chi connectivity index (χ3v) is 4.11. The topological polar surface area (TPSA) is 55.2 Å². The number of nitrogens with one attached hydrogen (secondary N) is 1. The zero-order valence-electron chi connectivity index (χ0n) is 13.3. The van der Waals surface area contributed by atoms with Crippen LogP contribution in [0, 0.1) is 0 Å². The van der Waals surface area contributed by atoms with E-state index in [0.29, 0.717) is 6.61 Å². The summed E-state index contributed by atoms with van der Waals surface area (Å²) in [5.41, 5.74) is 1.95. The number of fused-ring (bicyclic) bond motifs is 1. The summed E-state index contributed by atoms with van der Waals surface area (Å²) in [5.74, 6) is 1.12. The maximum atomic E-state index is 5.51. The molecule has 3 heterocycles. The number of nitrogens with zero attached hydrogens (tertiary/aromatic N) is 4. The molecule has 1 saturated heterocycles. The number of aromatic nitrogens is 3. The molecule has 1 N–H and O–H groups in total. The fraction of sp³-hybridized carbons (Fsp3) is 0.625. The van der Waals surface area contributed by atoms with Gasteiger partial charge in [-0.2, -0.15) is 0 Å². The quantitative estimate of drug-likeness (QED) is 0.771. The fourth-order valence-electron chi connectivity index (χ4n) is 2.92. The van der Waals surface area contributed by atoms with Gasteiger partial charge in [-0.05, 0) is 19.1 Å². The van der Waals surface area contributed by atoms with Crippen LogP contribution in [-0.2, 0) is 17.7 Å². The molecule has 0 aliphatic carbocycles. The van der Waals surface area contributed by atoms with Gasteiger partial charge < -0.3 is 19.5 Å². The largest absolute Gasteiger partial charge is 0.380 e. The predicted octanol–water partition coefficient (Wildman–Crippen LogP) is 0.916. The van der Waals surface area contributed by atoms with Crippen LogP contribution in [-0.4, -0.2) is 65.4 Å². The molecular formula is C16H25N5O. The Morgan fingerprint density at radius 2 is 2.14 bits per heavy atom. The summed E-state index contributed by atoms with van der Waals surface area (Å²) in [6.07, 6.45) is 2.80. The predicted molar refractivity (Wildman–Crippen MR) is 87.0 cm³/mol. The second kappa shape index (κ2) is 7.67. The number of hydrogen-bond acceptors (Lipinski definition) is 5. The Hall–Kier alpha value is -1.50. The van der Waals surface area contributed by atoms with E-state index in [9.17, 15) is 0 Å². The number of hydrogen-bond donors (Lipinski definition) is 1. The van der Waals surface area contributed by atoms with Gasteiger partial charge in [-0.3, -0.25) is 0 Å². The molecule has 0 bridgehead atoms. The Labute approximate surface area is 131 Å². The van der Waals surface area contributed by atoms with Crippen LogP contribution in [0.5, 0.6) is 0 Å². The molecule has 0 amide bonds. The normalized spacial score (nSPS) is 16.4. The number of piperazine rings is 1. The van der Waals surface area contributed by atoms with Gasteiger partial charge in [0, 0.05) is 58.5 Å². The van der Waals surface area contributed by atoms with Crippen molar-refractivity contribution in [2.45, 2.75) is 19.9 Å². The minimum Gasteiger partial charge on any atom is -0.380 e. The van der Waals surface area contributed by atoms with Crippen molar-refractivity contribution < 1.29 is 4.74 Å². The van der Waals surface area contributed by atoms with Gasteiger partial charge in [0.05, 0.1) is 6.61 Å². The Balaban J connectivity index is 1.73. The zero-order valence-corrected chi connectivity index (χ0v) is 13.3. The third kappa shape index (κ3) is 3.63. The Kier molecular flexibility index (Phi) is 5.37. The molecule has 0 saturated carbocycles. The summed E-state index contributed by atoms with van der Waals surface area (Å²) in [7, 11) is 0. The first-order valence-electron chi connectivity index (χ1n) is 8.19. The highest BCUT2D eigenvalue weighted by Gasteiger charge is 2.14. The Bertz CT molecular complexity index is 591. The zero-order chi connectivity index (χ0) is 15.2. The van der Waals surface area contributed by atoms with Crippen LogP contribution in [0.1, 0.15) is 12.7 Å². The molecule has 0 unspecified atom stereocenters. The van der Waals surface area contributed by atoms with E-state index in [1.54, 1.807) is 0 Å². The Morgan fingerprint density at radius 3 is 2.95 bits per heavy atom. The van der Waals surface area contributed by atoms with E-state index in [2.05, 4.69) is 19.8 Å². The van der Waals surface area contributed by atoms with Gasteiger partial charge in [0.15, 0.2) is 5.65 Å². The molecule has 0 radical (unpaired) electrons. The van der Waals surface area contributed by atoms with Crippen LogP contribution in [0.25, 0.3) is 11.2 Å². The molecule has 1 aliphatic rings. The van der Waals surface area contributed by atoms with Crippen LogP contribution < -0.4 is 5.32 Å². The minimum atomic E-state index is 0.708. The summed E-state index contributed by atoms with van der Waals surface area (Å²) in [5, 5.41) is 3.39. The van der Waals surface area contributed by atoms with Gasteiger partial charge in [0.25, 0.3) is 0 Å². The molecule has 2 aromatic rings. The lowest BCUT2D eigenvalue weighted by atomic mass is 10.3. The van der Waals surface area contributed by atoms with Crippen LogP contribution in [0.3, 0.4) is 0 Å². The second-order valence-electron chi connectivity index (χ2n) is 5.56. The highest BCUT2D eigenvalue weighted by molar-refractivity contribution is 5.71. The summed E-state index contributed by atoms with van der Waals surface area (Å²) in [6, 6.07) is 3.98. The van der Waals surface area contributed by atoms with E-state index < -0.39 is 0 Å². The molecule has 1 fully saturated rings. The summed E-state index contributed by atoms with van der Waals surface area (Å²) in [6.45, 7) is 9.77. The minimum absolute atomic E-state index is 0.708. The van der Waals surface area contributed by atoms with Gasteiger partial charge in [-0.1, -0.05) is 0 Å². The molecule has 0 spiro atoms. The van der Waals surface area contributed by atoms with Crippen molar-refractivity contribution in [2.24, 2.45) is 0 Å². The van der Waals surface area contributed by atoms with Crippen molar-refractivity contribution in [3.63, 3.8) is 0 Å². The van der Waals surface area contributed by atoms with Gasteiger partial charge in [-0.15, -0.1) is 0 Å². The SMILES string of the molecule is CCOCCn1c(CCN2CCNCC2)nc2cccnc21. The summed E-state index contributed by atoms with van der Waals surface area (Å²) < 4.78 is 7.73. The molecule has 120 valence electrons. The standard InChI is InChI=1S/C16H25N5O/c1-2-22-13-12-21-15(5-9-20-10-7-17-8-11-20)19-14-4-3-6-18-16(14)21/h3-4,6,17H,2,5,7-13H2,1H3. The van der Waals surface area contributed by atoms with Crippen LogP contribution in [0.15, 0.2) is 18.3 Å². The van der Waals surface area contributed by atoms with Gasteiger partial charge >= 0.3 is 0 Å². The molecule has 1 aliphatic heterocycles. The average molecular weight is 303 g/mol. The molecule has 22 heavy (non-hydrogen) atoms. The summed E-state index contributed by atoms with van der Waals surface area (Å²) >= 11 is 0. The lowest BCUT2D eigenvalue weighted by Gasteiger charge is -2.27. The smallest absolute Gasteiger partial charge is 0.160 e. The number of rotatable bonds is 7. The van der Waals surface area contributed by atoms with Crippen molar-refractivity contribution in [2.75, 3.05) is 45.9 Å². The Morgan fingerprint density at radius 1 is 1.27 bits per heavy atom. The monoisotopic (exact) mass is 303 g/mol. The van der Waals surface area contributed by atoms with Crippen molar-refractivity contribution in [3.8, 4) is 0 Å². The lowest BCUT2D eigenvalue weighted by Crippen LogP contribution is -2.44. The number of pyridine rings is 1.